The molecule has 1 aliphatic rings. The molecule has 0 saturated carbocycles. The first-order valence-electron chi connectivity index (χ1n) is 13.3. The molecule has 0 bridgehead atoms. The summed E-state index contributed by atoms with van der Waals surface area (Å²) in [6.45, 7) is 15.0. The number of ether oxygens (including phenoxy) is 1. The Labute approximate surface area is 258 Å². The molecule has 2 aromatic rings. The predicted molar refractivity (Wildman–Crippen MR) is 162 cm³/mol. The van der Waals surface area contributed by atoms with E-state index >= 15 is 4.39 Å². The summed E-state index contributed by atoms with van der Waals surface area (Å²) < 4.78 is 52.6. The zero-order valence-electron chi connectivity index (χ0n) is 24.9. The van der Waals surface area contributed by atoms with Gasteiger partial charge in [-0.05, 0) is 17.0 Å². The zero-order valence-corrected chi connectivity index (χ0v) is 27.4. The molecule has 2 aromatic heterocycles. The van der Waals surface area contributed by atoms with E-state index in [1.54, 1.807) is 47.6 Å². The Bertz CT molecular complexity index is 1370. The maximum absolute atomic E-state index is 15.5. The number of aliphatic hydroxyl groups excluding tert-OH is 1. The molecule has 238 valence electrons. The first-order valence-corrected chi connectivity index (χ1v) is 16.8. The first-order chi connectivity index (χ1) is 19.9. The molecule has 0 aromatic carbocycles. The van der Waals surface area contributed by atoms with Gasteiger partial charge in [0.25, 0.3) is 6.57 Å². The number of anilines is 1. The molecule has 43 heavy (non-hydrogen) atoms. The van der Waals surface area contributed by atoms with E-state index in [9.17, 15) is 19.3 Å². The maximum Gasteiger partial charge on any atom is 0.475 e. The smallest absolute Gasteiger partial charge is 0.382 e. The van der Waals surface area contributed by atoms with Crippen LogP contribution >= 0.6 is 31.3 Å². The lowest BCUT2D eigenvalue weighted by Crippen LogP contribution is -2.43. The molecule has 3 heterocycles. The molecule has 1 aliphatic heterocycles. The average Bonchev–Trinajstić information content (AvgIpc) is 3.47. The Balaban J connectivity index is 1.74. The molecule has 0 unspecified atom stereocenters. The highest BCUT2D eigenvalue weighted by Crippen LogP contribution is 2.52. The number of phosphoric acid groups is 1. The van der Waals surface area contributed by atoms with Crippen molar-refractivity contribution in [2.45, 2.75) is 65.6 Å². The van der Waals surface area contributed by atoms with E-state index in [4.69, 9.17) is 30.6 Å². The Morgan fingerprint density at radius 3 is 2.21 bits per heavy atom. The van der Waals surface area contributed by atoms with Crippen molar-refractivity contribution in [3.8, 4) is 6.57 Å². The maximum atomic E-state index is 15.5. The third kappa shape index (κ3) is 8.55. The van der Waals surface area contributed by atoms with Gasteiger partial charge in [0.1, 0.15) is 17.9 Å². The number of fused-ring (bicyclic) bond motifs is 1. The zero-order chi connectivity index (χ0) is 32.2. The van der Waals surface area contributed by atoms with E-state index < -0.39 is 49.4 Å². The molecule has 0 spiro atoms. The van der Waals surface area contributed by atoms with Crippen LogP contribution in [0.25, 0.3) is 10.4 Å². The second-order valence-corrected chi connectivity index (χ2v) is 15.6. The van der Waals surface area contributed by atoms with E-state index in [-0.39, 0.29) is 46.5 Å². The molecule has 0 amide bonds. The molecular formula is C26H38FN5O8PS2+. The van der Waals surface area contributed by atoms with Gasteiger partial charge >= 0.3 is 13.5 Å². The van der Waals surface area contributed by atoms with Crippen LogP contribution in [0.1, 0.15) is 53.3 Å². The van der Waals surface area contributed by atoms with Gasteiger partial charge in [0.2, 0.25) is 6.10 Å². The van der Waals surface area contributed by atoms with Crippen LogP contribution in [0.15, 0.2) is 18.5 Å². The number of carbonyl (C=O) groups excluding carboxylic acids is 2. The van der Waals surface area contributed by atoms with Crippen LogP contribution in [0.3, 0.4) is 0 Å². The molecule has 0 radical (unpaired) electrons. The largest absolute Gasteiger partial charge is 0.475 e. The lowest BCUT2D eigenvalue weighted by molar-refractivity contribution is -0.118. The van der Waals surface area contributed by atoms with Crippen LogP contribution < -0.4 is 5.73 Å². The monoisotopic (exact) mass is 662 g/mol. The minimum Gasteiger partial charge on any atom is -0.382 e. The van der Waals surface area contributed by atoms with Crippen molar-refractivity contribution in [3.63, 3.8) is 0 Å². The summed E-state index contributed by atoms with van der Waals surface area (Å²) in [7, 11) is -4.42. The summed E-state index contributed by atoms with van der Waals surface area (Å²) in [5, 5.41) is 14.7. The summed E-state index contributed by atoms with van der Waals surface area (Å²) in [5.74, 6) is 0.417. The lowest BCUT2D eigenvalue weighted by Gasteiger charge is -2.22. The van der Waals surface area contributed by atoms with Crippen molar-refractivity contribution in [2.75, 3.05) is 37.1 Å². The number of nitrogen functional groups attached to an aromatic ring is 1. The fourth-order valence-corrected chi connectivity index (χ4v) is 6.74. The summed E-state index contributed by atoms with van der Waals surface area (Å²) >= 11 is 1.98. The van der Waals surface area contributed by atoms with E-state index in [0.29, 0.717) is 5.52 Å². The van der Waals surface area contributed by atoms with Gasteiger partial charge < -0.3 is 10.8 Å². The number of thioether (sulfide) groups is 2. The molecule has 0 aliphatic carbocycles. The fourth-order valence-electron chi connectivity index (χ4n) is 3.73. The number of alkyl halides is 1. The number of carbonyl (C=O) groups is 2. The van der Waals surface area contributed by atoms with E-state index in [2.05, 4.69) is 14.9 Å². The van der Waals surface area contributed by atoms with Crippen LogP contribution in [-0.4, -0.2) is 79.3 Å². The van der Waals surface area contributed by atoms with E-state index in [0.717, 1.165) is 23.5 Å². The van der Waals surface area contributed by atoms with Gasteiger partial charge in [-0.1, -0.05) is 65.1 Å². The number of aromatic nitrogens is 3. The first kappa shape index (κ1) is 35.4. The number of phosphoric ester groups is 1. The molecule has 3 rings (SSSR count). The molecule has 13 nitrogen and oxygen atoms in total. The molecule has 4 atom stereocenters. The third-order valence-electron chi connectivity index (χ3n) is 6.19. The second kappa shape index (κ2) is 13.9. The number of hydrogen-bond acceptors (Lipinski definition) is 13. The van der Waals surface area contributed by atoms with Gasteiger partial charge in [-0.25, -0.2) is 18.5 Å². The van der Waals surface area contributed by atoms with Gasteiger partial charge in [-0.15, -0.1) is 0 Å². The Morgan fingerprint density at radius 2 is 1.70 bits per heavy atom. The average molecular weight is 663 g/mol. The van der Waals surface area contributed by atoms with Crippen molar-refractivity contribution < 1.29 is 42.0 Å². The Kier molecular flexibility index (Phi) is 11.4. The predicted octanol–water partition coefficient (Wildman–Crippen LogP) is 4.51. The van der Waals surface area contributed by atoms with Crippen molar-refractivity contribution >= 4 is 52.9 Å². The standard InChI is InChI=1S/C26H38FN5O8PS2/c1-24(2,3)22(34)42-12-10-37-41(36,38-11-13-43-23(35)25(4,5)6)39-14-26(29-7)20(33)18(27)19(40-26)16-8-9-17-21(28)30-15-31-32(16)17/h7-9,15,18-20,33H,10-14H2,1-6H3,(H2,28,30,31)/q+1/t18-,19-,20-,26+/m0/s1. The highest BCUT2D eigenvalue weighted by molar-refractivity contribution is 8.14. The lowest BCUT2D eigenvalue weighted by atomic mass is 9.99. The number of nitrogens with two attached hydrogens (primary N) is 1. The highest BCUT2D eigenvalue weighted by Gasteiger charge is 2.66. The quantitative estimate of drug-likeness (QED) is 0.241. The number of rotatable bonds is 12. The van der Waals surface area contributed by atoms with E-state index in [1.807, 2.05) is 0 Å². The van der Waals surface area contributed by atoms with Gasteiger partial charge in [-0.2, -0.15) is 5.10 Å². The SMILES string of the molecule is C#[N+][C@]1(COP(=O)(OCCSC(=O)C(C)(C)C)OCCSC(=O)C(C)(C)C)O[C@@H](c2ccc3c(N)ncnn23)[C@H](F)[C@@H]1O. The minimum atomic E-state index is -4.42. The van der Waals surface area contributed by atoms with Crippen LogP contribution in [0.5, 0.6) is 0 Å². The number of halogens is 1. The molecule has 3 N–H and O–H groups in total. The molecule has 1 fully saturated rings. The highest BCUT2D eigenvalue weighted by atomic mass is 32.2. The Hall–Kier alpha value is -2.09. The van der Waals surface area contributed by atoms with Gasteiger partial charge in [0.05, 0.1) is 18.9 Å². The van der Waals surface area contributed by atoms with E-state index in [1.165, 1.54) is 16.9 Å². The Morgan fingerprint density at radius 1 is 1.14 bits per heavy atom. The normalized spacial score (nSPS) is 23.0. The van der Waals surface area contributed by atoms with Crippen LogP contribution in [0, 0.1) is 17.4 Å². The van der Waals surface area contributed by atoms with Crippen molar-refractivity contribution in [1.82, 2.24) is 14.6 Å². The summed E-state index contributed by atoms with van der Waals surface area (Å²) in [6.07, 6.45) is -4.23. The number of aliphatic hydroxyl groups is 1. The van der Waals surface area contributed by atoms with Gasteiger partial charge in [0.15, 0.2) is 28.8 Å². The summed E-state index contributed by atoms with van der Waals surface area (Å²) in [4.78, 5) is 31.9. The van der Waals surface area contributed by atoms with Crippen LogP contribution in [0.4, 0.5) is 10.2 Å². The van der Waals surface area contributed by atoms with Crippen LogP contribution in [0.2, 0.25) is 0 Å². The van der Waals surface area contributed by atoms with Crippen LogP contribution in [-0.2, 0) is 32.5 Å². The van der Waals surface area contributed by atoms with Gasteiger partial charge in [0, 0.05) is 22.3 Å². The molecular weight excluding hydrogens is 624 g/mol. The summed E-state index contributed by atoms with van der Waals surface area (Å²) in [6, 6.07) is 3.06. The minimum absolute atomic E-state index is 0.0989. The van der Waals surface area contributed by atoms with Crippen molar-refractivity contribution in [2.24, 2.45) is 10.8 Å². The van der Waals surface area contributed by atoms with Crippen molar-refractivity contribution in [1.29, 1.82) is 0 Å². The molecule has 1 saturated heterocycles. The topological polar surface area (TPSA) is 169 Å². The third-order valence-corrected chi connectivity index (χ3v) is 10.1. The van der Waals surface area contributed by atoms with Gasteiger partial charge in [-0.3, -0.25) is 27.9 Å². The number of nitrogens with zero attached hydrogens (tertiary/aromatic N) is 4. The van der Waals surface area contributed by atoms with Crippen molar-refractivity contribution in [3.05, 3.63) is 29.0 Å². The second-order valence-electron chi connectivity index (χ2n) is 11.8. The molecule has 17 heteroatoms. The summed E-state index contributed by atoms with van der Waals surface area (Å²) in [5.41, 5.74) is 3.06. The fraction of sp³-hybridized carbons (Fsp3) is 0.654. The number of hydrogen-bond donors (Lipinski definition) is 2.